The molecule has 0 spiro atoms. The second kappa shape index (κ2) is 7.37. The molecule has 136 valence electrons. The summed E-state index contributed by atoms with van der Waals surface area (Å²) >= 11 is 0. The van der Waals surface area contributed by atoms with Crippen molar-refractivity contribution >= 4 is 5.82 Å². The summed E-state index contributed by atoms with van der Waals surface area (Å²) in [5, 5.41) is 17.3. The minimum Gasteiger partial charge on any atom is -0.357 e. The summed E-state index contributed by atoms with van der Waals surface area (Å²) in [6.45, 7) is 2.30. The van der Waals surface area contributed by atoms with Gasteiger partial charge in [-0.1, -0.05) is 0 Å². The first-order valence-corrected chi connectivity index (χ1v) is 8.77. The monoisotopic (exact) mass is 362 g/mol. The average Bonchev–Trinajstić information content (AvgIpc) is 3.25. The molecule has 0 atom stereocenters. The van der Waals surface area contributed by atoms with Crippen LogP contribution in [-0.2, 0) is 6.54 Å². The summed E-state index contributed by atoms with van der Waals surface area (Å²) in [7, 11) is 0. The molecule has 9 nitrogen and oxygen atoms in total. The van der Waals surface area contributed by atoms with Gasteiger partial charge in [-0.25, -0.2) is 19.3 Å². The van der Waals surface area contributed by atoms with Gasteiger partial charge in [0.25, 0.3) is 5.56 Å². The van der Waals surface area contributed by atoms with Crippen molar-refractivity contribution in [1.82, 2.24) is 29.5 Å². The second-order valence-corrected chi connectivity index (χ2v) is 6.50. The van der Waals surface area contributed by atoms with Gasteiger partial charge in [-0.05, 0) is 37.0 Å². The number of hydrogen-bond donors (Lipinski definition) is 0. The molecule has 0 N–H and O–H groups in total. The Labute approximate surface area is 155 Å². The van der Waals surface area contributed by atoms with E-state index in [-0.39, 0.29) is 5.56 Å². The summed E-state index contributed by atoms with van der Waals surface area (Å²) in [5.41, 5.74) is 0.446. The van der Waals surface area contributed by atoms with Crippen molar-refractivity contribution < 1.29 is 0 Å². The van der Waals surface area contributed by atoms with Crippen LogP contribution < -0.4 is 10.5 Å². The predicted molar refractivity (Wildman–Crippen MR) is 97.3 cm³/mol. The molecule has 27 heavy (non-hydrogen) atoms. The standard InChI is InChI=1S/C18H18N8O/c19-9-15-1-2-16(21-10-15)24-7-5-14(6-8-24)11-25-18(27)4-3-17(23-25)26-13-20-12-22-26/h1-4,10,12-14H,5-8,11H2. The summed E-state index contributed by atoms with van der Waals surface area (Å²) in [6.07, 6.45) is 6.48. The van der Waals surface area contributed by atoms with Gasteiger partial charge in [0, 0.05) is 31.9 Å². The van der Waals surface area contributed by atoms with Gasteiger partial charge in [0.05, 0.1) is 5.56 Å². The van der Waals surface area contributed by atoms with Crippen molar-refractivity contribution in [3.63, 3.8) is 0 Å². The van der Waals surface area contributed by atoms with Gasteiger partial charge in [0.2, 0.25) is 0 Å². The summed E-state index contributed by atoms with van der Waals surface area (Å²) < 4.78 is 3.05. The first kappa shape index (κ1) is 16.9. The topological polar surface area (TPSA) is 106 Å². The lowest BCUT2D eigenvalue weighted by Gasteiger charge is -2.32. The van der Waals surface area contributed by atoms with Crippen molar-refractivity contribution in [3.05, 3.63) is 59.0 Å². The minimum atomic E-state index is -0.116. The molecule has 1 aliphatic rings. The van der Waals surface area contributed by atoms with E-state index in [0.717, 1.165) is 31.7 Å². The van der Waals surface area contributed by atoms with Crippen LogP contribution in [0.25, 0.3) is 5.82 Å². The van der Waals surface area contributed by atoms with Crippen molar-refractivity contribution in [2.75, 3.05) is 18.0 Å². The molecule has 0 bridgehead atoms. The zero-order chi connectivity index (χ0) is 18.6. The lowest BCUT2D eigenvalue weighted by molar-refractivity contribution is 0.333. The number of nitrogens with zero attached hydrogens (tertiary/aromatic N) is 8. The quantitative estimate of drug-likeness (QED) is 0.682. The third kappa shape index (κ3) is 3.69. The second-order valence-electron chi connectivity index (χ2n) is 6.50. The van der Waals surface area contributed by atoms with Gasteiger partial charge in [0.15, 0.2) is 5.82 Å². The average molecular weight is 362 g/mol. The number of pyridine rings is 1. The molecule has 1 saturated heterocycles. The van der Waals surface area contributed by atoms with Crippen LogP contribution in [0.5, 0.6) is 0 Å². The number of nitriles is 1. The third-order valence-electron chi connectivity index (χ3n) is 4.75. The highest BCUT2D eigenvalue weighted by Crippen LogP contribution is 2.22. The zero-order valence-corrected chi connectivity index (χ0v) is 14.6. The molecule has 0 amide bonds. The van der Waals surface area contributed by atoms with Crippen molar-refractivity contribution in [3.8, 4) is 11.9 Å². The fourth-order valence-electron chi connectivity index (χ4n) is 3.25. The van der Waals surface area contributed by atoms with Crippen molar-refractivity contribution in [2.24, 2.45) is 5.92 Å². The number of aromatic nitrogens is 6. The Hall–Kier alpha value is -3.54. The van der Waals surface area contributed by atoms with E-state index in [0.29, 0.717) is 23.8 Å². The van der Waals surface area contributed by atoms with Gasteiger partial charge in [-0.2, -0.15) is 10.4 Å². The molecule has 9 heteroatoms. The lowest BCUT2D eigenvalue weighted by Crippen LogP contribution is -2.37. The Morgan fingerprint density at radius 1 is 1.15 bits per heavy atom. The van der Waals surface area contributed by atoms with E-state index in [1.54, 1.807) is 24.7 Å². The van der Waals surface area contributed by atoms with Crippen LogP contribution in [0.15, 0.2) is 47.9 Å². The lowest BCUT2D eigenvalue weighted by atomic mass is 9.97. The fraction of sp³-hybridized carbons (Fsp3) is 0.333. The first-order chi connectivity index (χ1) is 13.2. The van der Waals surface area contributed by atoms with Crippen molar-refractivity contribution in [2.45, 2.75) is 19.4 Å². The largest absolute Gasteiger partial charge is 0.357 e. The molecular weight excluding hydrogens is 344 g/mol. The highest BCUT2D eigenvalue weighted by Gasteiger charge is 2.21. The third-order valence-corrected chi connectivity index (χ3v) is 4.75. The predicted octanol–water partition coefficient (Wildman–Crippen LogP) is 1.01. The maximum Gasteiger partial charge on any atom is 0.266 e. The van der Waals surface area contributed by atoms with Crippen LogP contribution in [0.1, 0.15) is 18.4 Å². The SMILES string of the molecule is N#Cc1ccc(N2CCC(Cn3nc(-n4cncn4)ccc3=O)CC2)nc1. The molecule has 1 aliphatic heterocycles. The highest BCUT2D eigenvalue weighted by atomic mass is 16.1. The Balaban J connectivity index is 1.41. The molecule has 0 unspecified atom stereocenters. The smallest absolute Gasteiger partial charge is 0.266 e. The van der Waals surface area contributed by atoms with Gasteiger partial charge in [-0.15, -0.1) is 5.10 Å². The zero-order valence-electron chi connectivity index (χ0n) is 14.6. The number of piperidine rings is 1. The van der Waals surface area contributed by atoms with E-state index >= 15 is 0 Å². The maximum absolute atomic E-state index is 12.2. The summed E-state index contributed by atoms with van der Waals surface area (Å²) in [6, 6.07) is 8.91. The molecule has 0 radical (unpaired) electrons. The Morgan fingerprint density at radius 2 is 1.96 bits per heavy atom. The summed E-state index contributed by atoms with van der Waals surface area (Å²) in [4.78, 5) is 22.6. The van der Waals surface area contributed by atoms with Crippen LogP contribution in [0.3, 0.4) is 0 Å². The van der Waals surface area contributed by atoms with Gasteiger partial charge in [0.1, 0.15) is 24.5 Å². The number of rotatable bonds is 4. The van der Waals surface area contributed by atoms with E-state index in [2.05, 4.69) is 31.1 Å². The molecule has 1 fully saturated rings. The Morgan fingerprint density at radius 3 is 2.63 bits per heavy atom. The van der Waals surface area contributed by atoms with Crippen LogP contribution in [0.2, 0.25) is 0 Å². The van der Waals surface area contributed by atoms with Crippen LogP contribution in [0, 0.1) is 17.2 Å². The van der Waals surface area contributed by atoms with E-state index in [9.17, 15) is 4.79 Å². The number of hydrogen-bond acceptors (Lipinski definition) is 7. The Bertz CT molecular complexity index is 995. The van der Waals surface area contributed by atoms with E-state index < -0.39 is 0 Å². The fourth-order valence-corrected chi connectivity index (χ4v) is 3.25. The van der Waals surface area contributed by atoms with Gasteiger partial charge < -0.3 is 4.90 Å². The number of anilines is 1. The molecule has 0 aliphatic carbocycles. The molecule has 0 aromatic carbocycles. The van der Waals surface area contributed by atoms with Crippen molar-refractivity contribution in [1.29, 1.82) is 5.26 Å². The molecule has 3 aromatic rings. The minimum absolute atomic E-state index is 0.116. The van der Waals surface area contributed by atoms with E-state index in [1.165, 1.54) is 21.8 Å². The van der Waals surface area contributed by atoms with Gasteiger partial charge >= 0.3 is 0 Å². The maximum atomic E-state index is 12.2. The Kier molecular flexibility index (Phi) is 4.61. The molecular formula is C18H18N8O. The van der Waals surface area contributed by atoms with Crippen LogP contribution in [-0.4, -0.2) is 42.6 Å². The van der Waals surface area contributed by atoms with Crippen LogP contribution in [0.4, 0.5) is 5.82 Å². The normalized spacial score (nSPS) is 14.9. The molecule has 4 heterocycles. The van der Waals surface area contributed by atoms with Gasteiger partial charge in [-0.3, -0.25) is 4.79 Å². The summed E-state index contributed by atoms with van der Waals surface area (Å²) in [5.74, 6) is 1.83. The highest BCUT2D eigenvalue weighted by molar-refractivity contribution is 5.42. The molecule has 0 saturated carbocycles. The first-order valence-electron chi connectivity index (χ1n) is 8.77. The van der Waals surface area contributed by atoms with E-state index in [1.807, 2.05) is 6.07 Å². The molecule has 4 rings (SSSR count). The van der Waals surface area contributed by atoms with E-state index in [4.69, 9.17) is 5.26 Å². The van der Waals surface area contributed by atoms with Crippen LogP contribution >= 0.6 is 0 Å². The molecule has 3 aromatic heterocycles.